The molecule has 0 atom stereocenters. The normalized spacial score (nSPS) is 12.0. The number of aromatic nitrogens is 8. The van der Waals surface area contributed by atoms with E-state index in [9.17, 15) is 29.4 Å². The van der Waals surface area contributed by atoms with Crippen LogP contribution in [0.2, 0.25) is 0 Å². The average molecular weight is 843 g/mol. The summed E-state index contributed by atoms with van der Waals surface area (Å²) in [6.07, 6.45) is 0.120. The van der Waals surface area contributed by atoms with E-state index in [0.717, 1.165) is 23.1 Å². The Morgan fingerprint density at radius 1 is 0.678 bits per heavy atom. The molecule has 0 spiro atoms. The molecule has 0 bridgehead atoms. The van der Waals surface area contributed by atoms with E-state index < -0.39 is 22.8 Å². The predicted molar refractivity (Wildman–Crippen MR) is 212 cm³/mol. The van der Waals surface area contributed by atoms with Crippen LogP contribution in [0.25, 0.3) is 11.4 Å². The average Bonchev–Trinajstić information content (AvgIpc) is 3.95. The van der Waals surface area contributed by atoms with Crippen molar-refractivity contribution in [2.24, 2.45) is 20.5 Å². The van der Waals surface area contributed by atoms with Crippen molar-refractivity contribution < 1.29 is 38.9 Å². The number of rotatable bonds is 14. The second kappa shape index (κ2) is 16.3. The van der Waals surface area contributed by atoms with Crippen LogP contribution < -0.4 is 20.9 Å². The smallest absolute Gasteiger partial charge is 0.335 e. The second-order valence-electron chi connectivity index (χ2n) is 14.5. The number of azo groups is 2. The highest BCUT2D eigenvalue weighted by Crippen LogP contribution is 2.40. The fraction of sp³-hybridized carbons (Fsp3) is 0.257. The minimum Gasteiger partial charge on any atom is -0.478 e. The summed E-state index contributed by atoms with van der Waals surface area (Å²) in [7, 11) is 0. The maximum absolute atomic E-state index is 11.8. The zero-order valence-corrected chi connectivity index (χ0v) is 33.6. The molecule has 24 heteroatoms. The zero-order chi connectivity index (χ0) is 42.8. The van der Waals surface area contributed by atoms with Gasteiger partial charge in [0, 0.05) is 46.0 Å². The van der Waals surface area contributed by atoms with Crippen molar-refractivity contribution in [1.29, 1.82) is 0 Å². The van der Waals surface area contributed by atoms with Crippen LogP contribution >= 0.6 is 23.1 Å². The molecule has 0 aliphatic rings. The van der Waals surface area contributed by atoms with Gasteiger partial charge in [-0.1, -0.05) is 41.5 Å². The lowest BCUT2D eigenvalue weighted by atomic mass is 9.91. The fourth-order valence-electron chi connectivity index (χ4n) is 5.39. The molecule has 0 aliphatic heterocycles. The summed E-state index contributed by atoms with van der Waals surface area (Å²) >= 11 is 1.94. The number of carboxylic acid groups (broad SMARTS) is 2. The van der Waals surface area contributed by atoms with E-state index in [4.69, 9.17) is 20.9 Å². The monoisotopic (exact) mass is 842 g/mol. The van der Waals surface area contributed by atoms with Crippen molar-refractivity contribution in [2.45, 2.75) is 58.8 Å². The summed E-state index contributed by atoms with van der Waals surface area (Å²) in [5.74, 6) is -1.75. The van der Waals surface area contributed by atoms with Gasteiger partial charge in [-0.05, 0) is 24.3 Å². The van der Waals surface area contributed by atoms with Crippen LogP contribution in [0.1, 0.15) is 85.3 Å². The highest BCUT2D eigenvalue weighted by Gasteiger charge is 2.29. The summed E-state index contributed by atoms with van der Waals surface area (Å²) in [6.45, 7) is 11.7. The van der Waals surface area contributed by atoms with Crippen LogP contribution in [-0.2, 0) is 26.8 Å². The molecule has 0 fully saturated rings. The van der Waals surface area contributed by atoms with E-state index in [1.165, 1.54) is 45.8 Å². The molecule has 22 nitrogen and oxygen atoms in total. The van der Waals surface area contributed by atoms with E-state index in [1.807, 2.05) is 41.5 Å². The number of ether oxygens (including phenoxy) is 2. The number of hydrogen-bond donors (Lipinski definition) is 4. The number of hydrogen-bond acceptors (Lipinski definition) is 20. The van der Waals surface area contributed by atoms with Gasteiger partial charge < -0.3 is 31.2 Å². The zero-order valence-electron chi connectivity index (χ0n) is 32.0. The Labute approximate surface area is 341 Å². The van der Waals surface area contributed by atoms with Crippen LogP contribution in [0, 0.1) is 0 Å². The van der Waals surface area contributed by atoms with Crippen molar-refractivity contribution in [2.75, 3.05) is 11.5 Å². The lowest BCUT2D eigenvalue weighted by molar-refractivity contribution is -0.121. The van der Waals surface area contributed by atoms with Gasteiger partial charge in [-0.2, -0.15) is 28.9 Å². The Hall–Kier alpha value is -7.34. The number of carbonyl (C=O) groups is 4. The molecule has 59 heavy (non-hydrogen) atoms. The molecule has 0 radical (unpaired) electrons. The third kappa shape index (κ3) is 9.12. The molecule has 0 saturated carbocycles. The Morgan fingerprint density at radius 3 is 1.41 bits per heavy atom. The standard InChI is InChI=1S/C35H34N14O8S2/c1-34(2,3)26-24(28(36)48(44-26)18-7-16(30(52)53)9-20(11-18)56-14-50)40-42-32-38-22(46-58-32)13-23-39-33(59-47-23)43-41-25-27(35(4,5)6)45-49(29(25)37)19-8-17(31(54)55)10-21(12-19)57-15-51/h7-12,14-15H,13,36-37H2,1-6H3,(H,52,53)(H,54,55). The van der Waals surface area contributed by atoms with Crippen LogP contribution in [-0.4, -0.2) is 73.4 Å². The van der Waals surface area contributed by atoms with Crippen LogP contribution in [0.3, 0.4) is 0 Å². The van der Waals surface area contributed by atoms with Crippen LogP contribution in [0.5, 0.6) is 11.5 Å². The van der Waals surface area contributed by atoms with Gasteiger partial charge in [0.05, 0.1) is 40.3 Å². The summed E-state index contributed by atoms with van der Waals surface area (Å²) in [5, 5.41) is 46.0. The SMILES string of the molecule is CC(C)(C)c1nn(-c2cc(OC=O)cc(C(=O)O)c2)c(N)c1N=Nc1nc(Cc2nsc(N=Nc3c(C(C)(C)C)nn(-c4cc(OC=O)cc(C(=O)O)c4)c3N)n2)ns1. The number of nitrogens with two attached hydrogens (primary N) is 2. The molecule has 6 N–H and O–H groups in total. The quantitative estimate of drug-likeness (QED) is 0.0680. The summed E-state index contributed by atoms with van der Waals surface area (Å²) in [6, 6.07) is 7.87. The number of aromatic carboxylic acids is 2. The minimum atomic E-state index is -1.25. The van der Waals surface area contributed by atoms with Crippen molar-refractivity contribution in [3.8, 4) is 22.9 Å². The molecule has 2 aromatic carbocycles. The van der Waals surface area contributed by atoms with Crippen molar-refractivity contribution >= 4 is 81.2 Å². The van der Waals surface area contributed by atoms with Gasteiger partial charge in [-0.3, -0.25) is 9.59 Å². The fourth-order valence-corrected chi connectivity index (χ4v) is 6.43. The summed E-state index contributed by atoms with van der Waals surface area (Å²) in [5.41, 5.74) is 13.3. The Bertz CT molecular complexity index is 2490. The van der Waals surface area contributed by atoms with Gasteiger partial charge >= 0.3 is 11.9 Å². The lowest BCUT2D eigenvalue weighted by Gasteiger charge is -2.15. The van der Waals surface area contributed by atoms with Crippen LogP contribution in [0.15, 0.2) is 56.9 Å². The van der Waals surface area contributed by atoms with Gasteiger partial charge in [0.1, 0.15) is 11.5 Å². The first kappa shape index (κ1) is 41.3. The van der Waals surface area contributed by atoms with Crippen molar-refractivity contribution in [3.05, 3.63) is 70.6 Å². The summed E-state index contributed by atoms with van der Waals surface area (Å²) < 4.78 is 21.1. The van der Waals surface area contributed by atoms with Gasteiger partial charge in [0.15, 0.2) is 34.7 Å². The molecule has 0 aliphatic carbocycles. The van der Waals surface area contributed by atoms with E-state index in [-0.39, 0.29) is 86.6 Å². The molecule has 0 unspecified atom stereocenters. The molecule has 4 heterocycles. The number of carboxylic acids is 2. The van der Waals surface area contributed by atoms with Gasteiger partial charge in [0.2, 0.25) is 10.3 Å². The molecule has 6 aromatic rings. The van der Waals surface area contributed by atoms with E-state index in [0.29, 0.717) is 23.0 Å². The van der Waals surface area contributed by atoms with Crippen molar-refractivity contribution in [3.63, 3.8) is 0 Å². The van der Waals surface area contributed by atoms with Gasteiger partial charge in [-0.25, -0.2) is 19.0 Å². The first-order valence-corrected chi connectivity index (χ1v) is 18.7. The van der Waals surface area contributed by atoms with Gasteiger partial charge in [0.25, 0.3) is 12.9 Å². The number of benzene rings is 2. The molecular weight excluding hydrogens is 809 g/mol. The molecule has 6 rings (SSSR count). The molecule has 304 valence electrons. The molecule has 0 amide bonds. The second-order valence-corrected chi connectivity index (χ2v) is 16.0. The number of nitrogens with zero attached hydrogens (tertiary/aromatic N) is 12. The Balaban J connectivity index is 1.23. The third-order valence-corrected chi connectivity index (χ3v) is 9.32. The van der Waals surface area contributed by atoms with E-state index >= 15 is 0 Å². The lowest BCUT2D eigenvalue weighted by Crippen LogP contribution is -2.13. The van der Waals surface area contributed by atoms with Gasteiger partial charge in [-0.15, -0.1) is 20.5 Å². The first-order valence-electron chi connectivity index (χ1n) is 17.1. The van der Waals surface area contributed by atoms with Crippen LogP contribution in [0.4, 0.5) is 33.3 Å². The van der Waals surface area contributed by atoms with E-state index in [1.54, 1.807) is 0 Å². The third-order valence-electron chi connectivity index (χ3n) is 8.05. The molecule has 0 saturated heterocycles. The number of nitrogen functional groups attached to an aromatic ring is 2. The maximum Gasteiger partial charge on any atom is 0.335 e. The molecule has 4 aromatic heterocycles. The highest BCUT2D eigenvalue weighted by molar-refractivity contribution is 7.09. The maximum atomic E-state index is 11.8. The highest BCUT2D eigenvalue weighted by atomic mass is 32.1. The first-order chi connectivity index (χ1) is 27.9. The number of carbonyl (C=O) groups excluding carboxylic acids is 2. The predicted octanol–water partition coefficient (Wildman–Crippen LogP) is 6.41. The van der Waals surface area contributed by atoms with Crippen molar-refractivity contribution in [1.82, 2.24) is 38.3 Å². The number of anilines is 2. The Kier molecular flexibility index (Phi) is 11.4. The largest absolute Gasteiger partial charge is 0.478 e. The topological polar surface area (TPSA) is 316 Å². The minimum absolute atomic E-state index is 0.0196. The Morgan fingerprint density at radius 2 is 1.07 bits per heavy atom. The molecular formula is C35H34N14O8S2. The summed E-state index contributed by atoms with van der Waals surface area (Å²) in [4.78, 5) is 54.4. The van der Waals surface area contributed by atoms with E-state index in [2.05, 4.69) is 49.4 Å².